The Hall–Kier alpha value is -1.63. The predicted octanol–water partition coefficient (Wildman–Crippen LogP) is 0.576. The molecule has 0 aromatic rings. The van der Waals surface area contributed by atoms with Gasteiger partial charge in [-0.1, -0.05) is 34.1 Å². The molecule has 1 saturated heterocycles. The van der Waals surface area contributed by atoms with Crippen molar-refractivity contribution in [2.75, 3.05) is 6.54 Å². The molecule has 1 rings (SSSR count). The third kappa shape index (κ3) is 4.67. The summed E-state index contributed by atoms with van der Waals surface area (Å²) in [7, 11) is 0. The molecular formula is C16H29N3O4. The molecule has 0 aromatic heterocycles. The van der Waals surface area contributed by atoms with Crippen LogP contribution >= 0.6 is 0 Å². The summed E-state index contributed by atoms with van der Waals surface area (Å²) >= 11 is 0. The minimum Gasteiger partial charge on any atom is -0.480 e. The van der Waals surface area contributed by atoms with Gasteiger partial charge in [-0.3, -0.25) is 9.59 Å². The second-order valence-corrected chi connectivity index (χ2v) is 6.67. The number of carbonyl (C=O) groups excluding carboxylic acids is 2. The molecule has 4 atom stereocenters. The molecule has 2 amide bonds. The van der Waals surface area contributed by atoms with Crippen LogP contribution in [0.15, 0.2) is 0 Å². The number of rotatable bonds is 7. The third-order valence-corrected chi connectivity index (χ3v) is 4.62. The zero-order valence-corrected chi connectivity index (χ0v) is 14.4. The highest BCUT2D eigenvalue weighted by Gasteiger charge is 2.39. The lowest BCUT2D eigenvalue weighted by molar-refractivity contribution is -0.150. The summed E-state index contributed by atoms with van der Waals surface area (Å²) in [5.74, 6) is -1.83. The Balaban J connectivity index is 2.91. The van der Waals surface area contributed by atoms with Gasteiger partial charge in [0, 0.05) is 6.54 Å². The van der Waals surface area contributed by atoms with Gasteiger partial charge in [0.25, 0.3) is 0 Å². The first kappa shape index (κ1) is 19.4. The summed E-state index contributed by atoms with van der Waals surface area (Å²) in [5, 5.41) is 12.0. The van der Waals surface area contributed by atoms with Gasteiger partial charge in [-0.05, 0) is 24.7 Å². The molecule has 23 heavy (non-hydrogen) atoms. The number of carboxylic acid groups (broad SMARTS) is 1. The lowest BCUT2D eigenvalue weighted by atomic mass is 9.96. The first-order valence-electron chi connectivity index (χ1n) is 8.29. The first-order valence-corrected chi connectivity index (χ1v) is 8.29. The molecule has 0 radical (unpaired) electrons. The number of hydrogen-bond acceptors (Lipinski definition) is 4. The normalized spacial score (nSPS) is 21.8. The number of nitrogens with one attached hydrogen (secondary N) is 1. The molecule has 0 bridgehead atoms. The van der Waals surface area contributed by atoms with E-state index >= 15 is 0 Å². The fraction of sp³-hybridized carbons (Fsp3) is 0.812. The number of likely N-dealkylation sites (tertiary alicyclic amines) is 1. The molecule has 1 fully saturated rings. The van der Waals surface area contributed by atoms with Crippen LogP contribution in [-0.4, -0.2) is 52.5 Å². The smallest absolute Gasteiger partial charge is 0.326 e. The van der Waals surface area contributed by atoms with E-state index in [1.165, 1.54) is 4.90 Å². The summed E-state index contributed by atoms with van der Waals surface area (Å²) < 4.78 is 0. The van der Waals surface area contributed by atoms with Gasteiger partial charge in [0.1, 0.15) is 12.1 Å². The van der Waals surface area contributed by atoms with Crippen molar-refractivity contribution in [3.8, 4) is 0 Å². The van der Waals surface area contributed by atoms with E-state index in [1.807, 2.05) is 27.7 Å². The molecule has 1 aliphatic heterocycles. The molecule has 0 spiro atoms. The van der Waals surface area contributed by atoms with Crippen molar-refractivity contribution in [1.82, 2.24) is 10.2 Å². The van der Waals surface area contributed by atoms with E-state index in [9.17, 15) is 19.5 Å². The summed E-state index contributed by atoms with van der Waals surface area (Å²) in [5.41, 5.74) is 5.85. The molecule has 4 N–H and O–H groups in total. The summed E-state index contributed by atoms with van der Waals surface area (Å²) in [4.78, 5) is 37.7. The number of amides is 2. The number of hydrogen-bond donors (Lipinski definition) is 3. The van der Waals surface area contributed by atoms with Crippen LogP contribution in [-0.2, 0) is 14.4 Å². The zero-order chi connectivity index (χ0) is 17.7. The van der Waals surface area contributed by atoms with E-state index in [4.69, 9.17) is 5.73 Å². The fourth-order valence-electron chi connectivity index (χ4n) is 2.70. The molecule has 0 aromatic carbocycles. The summed E-state index contributed by atoms with van der Waals surface area (Å²) in [6.07, 6.45) is 1.81. The van der Waals surface area contributed by atoms with Crippen LogP contribution in [0.2, 0.25) is 0 Å². The third-order valence-electron chi connectivity index (χ3n) is 4.62. The van der Waals surface area contributed by atoms with Crippen LogP contribution in [0.3, 0.4) is 0 Å². The SMILES string of the molecule is CCC(C)C(NC(=O)C(N)C(C)C)C(=O)N1CCCC1C(=O)O. The summed E-state index contributed by atoms with van der Waals surface area (Å²) in [6, 6.07) is -2.23. The molecule has 0 aliphatic carbocycles. The quantitative estimate of drug-likeness (QED) is 0.633. The second-order valence-electron chi connectivity index (χ2n) is 6.67. The number of aliphatic carboxylic acids is 1. The van der Waals surface area contributed by atoms with Gasteiger partial charge in [0.05, 0.1) is 6.04 Å². The summed E-state index contributed by atoms with van der Waals surface area (Å²) in [6.45, 7) is 7.89. The maximum atomic E-state index is 12.8. The minimum absolute atomic E-state index is 0.0405. The predicted molar refractivity (Wildman–Crippen MR) is 86.6 cm³/mol. The minimum atomic E-state index is -0.996. The van der Waals surface area contributed by atoms with Crippen molar-refractivity contribution >= 4 is 17.8 Å². The average molecular weight is 327 g/mol. The van der Waals surface area contributed by atoms with E-state index in [1.54, 1.807) is 0 Å². The average Bonchev–Trinajstić information content (AvgIpc) is 2.99. The molecule has 4 unspecified atom stereocenters. The lowest BCUT2D eigenvalue weighted by Gasteiger charge is -2.31. The molecule has 0 saturated carbocycles. The Morgan fingerprint density at radius 2 is 1.91 bits per heavy atom. The van der Waals surface area contributed by atoms with Gasteiger partial charge in [-0.25, -0.2) is 4.79 Å². The highest BCUT2D eigenvalue weighted by atomic mass is 16.4. The van der Waals surface area contributed by atoms with Gasteiger partial charge in [-0.2, -0.15) is 0 Å². The van der Waals surface area contributed by atoms with Crippen LogP contribution in [0.1, 0.15) is 47.0 Å². The zero-order valence-electron chi connectivity index (χ0n) is 14.4. The Bertz CT molecular complexity index is 453. The van der Waals surface area contributed by atoms with Crippen LogP contribution in [0.5, 0.6) is 0 Å². The lowest BCUT2D eigenvalue weighted by Crippen LogP contribution is -2.57. The van der Waals surface area contributed by atoms with E-state index in [0.29, 0.717) is 25.8 Å². The highest BCUT2D eigenvalue weighted by Crippen LogP contribution is 2.21. The van der Waals surface area contributed by atoms with Crippen LogP contribution in [0, 0.1) is 11.8 Å². The highest BCUT2D eigenvalue weighted by molar-refractivity contribution is 5.92. The maximum Gasteiger partial charge on any atom is 0.326 e. The largest absolute Gasteiger partial charge is 0.480 e. The number of nitrogens with zero attached hydrogens (tertiary/aromatic N) is 1. The van der Waals surface area contributed by atoms with Gasteiger partial charge in [0.2, 0.25) is 11.8 Å². The van der Waals surface area contributed by atoms with E-state index in [-0.39, 0.29) is 23.7 Å². The number of carbonyl (C=O) groups is 3. The van der Waals surface area contributed by atoms with Gasteiger partial charge in [-0.15, -0.1) is 0 Å². The van der Waals surface area contributed by atoms with Crippen molar-refractivity contribution < 1.29 is 19.5 Å². The maximum absolute atomic E-state index is 12.8. The number of carboxylic acids is 1. The Morgan fingerprint density at radius 3 is 2.39 bits per heavy atom. The molecule has 1 heterocycles. The van der Waals surface area contributed by atoms with Crippen molar-refractivity contribution in [2.45, 2.75) is 65.1 Å². The Morgan fingerprint density at radius 1 is 1.30 bits per heavy atom. The second kappa shape index (κ2) is 8.29. The molecule has 7 nitrogen and oxygen atoms in total. The molecular weight excluding hydrogens is 298 g/mol. The van der Waals surface area contributed by atoms with Crippen molar-refractivity contribution in [2.24, 2.45) is 17.6 Å². The van der Waals surface area contributed by atoms with E-state index in [2.05, 4.69) is 5.32 Å². The fourth-order valence-corrected chi connectivity index (χ4v) is 2.70. The van der Waals surface area contributed by atoms with Gasteiger partial charge < -0.3 is 21.1 Å². The molecule has 7 heteroatoms. The monoisotopic (exact) mass is 327 g/mol. The number of nitrogens with two attached hydrogens (primary N) is 1. The topological polar surface area (TPSA) is 113 Å². The van der Waals surface area contributed by atoms with Crippen LogP contribution in [0.4, 0.5) is 0 Å². The van der Waals surface area contributed by atoms with Crippen molar-refractivity contribution in [3.05, 3.63) is 0 Å². The van der Waals surface area contributed by atoms with Gasteiger partial charge in [0.15, 0.2) is 0 Å². The van der Waals surface area contributed by atoms with Crippen LogP contribution < -0.4 is 11.1 Å². The Kier molecular flexibility index (Phi) is 7.00. The van der Waals surface area contributed by atoms with Crippen molar-refractivity contribution in [3.63, 3.8) is 0 Å². The first-order chi connectivity index (χ1) is 10.7. The van der Waals surface area contributed by atoms with E-state index in [0.717, 1.165) is 0 Å². The molecule has 1 aliphatic rings. The van der Waals surface area contributed by atoms with Crippen LogP contribution in [0.25, 0.3) is 0 Å². The van der Waals surface area contributed by atoms with Crippen molar-refractivity contribution in [1.29, 1.82) is 0 Å². The Labute approximate surface area is 137 Å². The standard InChI is InChI=1S/C16H29N3O4/c1-5-10(4)13(18-14(20)12(17)9(2)3)15(21)19-8-6-7-11(19)16(22)23/h9-13H,5-8,17H2,1-4H3,(H,18,20)(H,22,23). The van der Waals surface area contributed by atoms with E-state index < -0.39 is 24.1 Å². The molecule has 132 valence electrons. The van der Waals surface area contributed by atoms with Gasteiger partial charge >= 0.3 is 5.97 Å².